The van der Waals surface area contributed by atoms with Gasteiger partial charge in [-0.3, -0.25) is 14.5 Å². The number of cyclic esters (lactones) is 1. The van der Waals surface area contributed by atoms with Crippen LogP contribution in [0.2, 0.25) is 0 Å². The second-order valence-electron chi connectivity index (χ2n) is 9.48. The maximum atomic E-state index is 13.4. The highest BCUT2D eigenvalue weighted by molar-refractivity contribution is 5.91. The Kier molecular flexibility index (Phi) is 8.18. The van der Waals surface area contributed by atoms with Gasteiger partial charge in [0.05, 0.1) is 6.54 Å². The highest BCUT2D eigenvalue weighted by Gasteiger charge is 2.46. The van der Waals surface area contributed by atoms with Gasteiger partial charge < -0.3 is 15.4 Å². The van der Waals surface area contributed by atoms with E-state index < -0.39 is 18.2 Å². The summed E-state index contributed by atoms with van der Waals surface area (Å²) >= 11 is 0. The lowest BCUT2D eigenvalue weighted by molar-refractivity contribution is -0.126. The number of rotatable bonds is 9. The lowest BCUT2D eigenvalue weighted by atomic mass is 10.00. The summed E-state index contributed by atoms with van der Waals surface area (Å²) in [6.45, 7) is 4.32. The predicted molar refractivity (Wildman–Crippen MR) is 138 cm³/mol. The molecular formula is C29H30FN3O4. The van der Waals surface area contributed by atoms with Gasteiger partial charge in [0.25, 0.3) is 0 Å². The van der Waals surface area contributed by atoms with Crippen LogP contribution in [0.25, 0.3) is 0 Å². The van der Waals surface area contributed by atoms with Crippen molar-refractivity contribution in [2.24, 2.45) is 5.92 Å². The SMILES string of the molecule is CC(C)CC(=O)Nc1ccc([C@H]2OC(=O)N(Cc3ccccc3)[C@H]2C(=O)NCc2ccc(F)cc2)cc1. The van der Waals surface area contributed by atoms with Crippen molar-refractivity contribution in [2.45, 2.75) is 45.5 Å². The van der Waals surface area contributed by atoms with Gasteiger partial charge in [-0.25, -0.2) is 9.18 Å². The molecule has 1 heterocycles. The van der Waals surface area contributed by atoms with E-state index in [1.54, 1.807) is 36.4 Å². The number of nitrogens with one attached hydrogen (secondary N) is 2. The molecule has 0 aliphatic carbocycles. The van der Waals surface area contributed by atoms with E-state index in [9.17, 15) is 18.8 Å². The van der Waals surface area contributed by atoms with Gasteiger partial charge in [-0.2, -0.15) is 0 Å². The molecule has 7 nitrogen and oxygen atoms in total. The second-order valence-corrected chi connectivity index (χ2v) is 9.48. The molecular weight excluding hydrogens is 473 g/mol. The maximum Gasteiger partial charge on any atom is 0.411 e. The maximum absolute atomic E-state index is 13.4. The zero-order valence-corrected chi connectivity index (χ0v) is 20.8. The predicted octanol–water partition coefficient (Wildman–Crippen LogP) is 5.19. The van der Waals surface area contributed by atoms with Gasteiger partial charge in [0, 0.05) is 18.7 Å². The highest BCUT2D eigenvalue weighted by atomic mass is 19.1. The number of hydrogen-bond donors (Lipinski definition) is 2. The minimum Gasteiger partial charge on any atom is -0.438 e. The number of amides is 3. The van der Waals surface area contributed by atoms with Crippen LogP contribution < -0.4 is 10.6 Å². The van der Waals surface area contributed by atoms with Crippen molar-refractivity contribution in [2.75, 3.05) is 5.32 Å². The number of nitrogens with zero attached hydrogens (tertiary/aromatic N) is 1. The molecule has 3 aromatic carbocycles. The summed E-state index contributed by atoms with van der Waals surface area (Å²) in [4.78, 5) is 39.9. The van der Waals surface area contributed by atoms with E-state index in [1.165, 1.54) is 17.0 Å². The lowest BCUT2D eigenvalue weighted by Gasteiger charge is -2.24. The number of anilines is 1. The van der Waals surface area contributed by atoms with Crippen LogP contribution >= 0.6 is 0 Å². The van der Waals surface area contributed by atoms with E-state index in [0.29, 0.717) is 17.7 Å². The van der Waals surface area contributed by atoms with Crippen molar-refractivity contribution >= 4 is 23.6 Å². The number of halogens is 1. The zero-order chi connectivity index (χ0) is 26.4. The number of hydrogen-bond acceptors (Lipinski definition) is 4. The Morgan fingerprint density at radius 3 is 2.27 bits per heavy atom. The van der Waals surface area contributed by atoms with Crippen molar-refractivity contribution in [1.29, 1.82) is 0 Å². The molecule has 1 fully saturated rings. The smallest absolute Gasteiger partial charge is 0.411 e. The summed E-state index contributed by atoms with van der Waals surface area (Å²) < 4.78 is 19.0. The molecule has 2 N–H and O–H groups in total. The van der Waals surface area contributed by atoms with Gasteiger partial charge in [0.2, 0.25) is 11.8 Å². The summed E-state index contributed by atoms with van der Waals surface area (Å²) in [5.41, 5.74) is 2.84. The first-order valence-electron chi connectivity index (χ1n) is 12.2. The summed E-state index contributed by atoms with van der Waals surface area (Å²) in [6.07, 6.45) is -1.03. The van der Waals surface area contributed by atoms with Crippen LogP contribution in [0.3, 0.4) is 0 Å². The number of ether oxygens (including phenoxy) is 1. The lowest BCUT2D eigenvalue weighted by Crippen LogP contribution is -2.46. The van der Waals surface area contributed by atoms with Crippen LogP contribution in [0.5, 0.6) is 0 Å². The van der Waals surface area contributed by atoms with Crippen LogP contribution in [-0.2, 0) is 27.4 Å². The Morgan fingerprint density at radius 1 is 0.946 bits per heavy atom. The normalized spacial score (nSPS) is 17.0. The van der Waals surface area contributed by atoms with E-state index >= 15 is 0 Å². The summed E-state index contributed by atoms with van der Waals surface area (Å²) in [5.74, 6) is -0.586. The van der Waals surface area contributed by atoms with Crippen molar-refractivity contribution in [3.63, 3.8) is 0 Å². The first kappa shape index (κ1) is 25.9. The third kappa shape index (κ3) is 6.73. The molecule has 0 unspecified atom stereocenters. The Bertz CT molecular complexity index is 1230. The molecule has 1 aliphatic rings. The largest absolute Gasteiger partial charge is 0.438 e. The molecule has 1 saturated heterocycles. The quantitative estimate of drug-likeness (QED) is 0.421. The zero-order valence-electron chi connectivity index (χ0n) is 20.8. The van der Waals surface area contributed by atoms with Gasteiger partial charge in [-0.15, -0.1) is 0 Å². The molecule has 192 valence electrons. The van der Waals surface area contributed by atoms with Gasteiger partial charge >= 0.3 is 6.09 Å². The molecule has 0 radical (unpaired) electrons. The molecule has 8 heteroatoms. The number of carbonyl (C=O) groups is 3. The molecule has 0 spiro atoms. The first-order chi connectivity index (χ1) is 17.8. The second kappa shape index (κ2) is 11.7. The Morgan fingerprint density at radius 2 is 1.62 bits per heavy atom. The minimum absolute atomic E-state index is 0.0814. The Balaban J connectivity index is 1.54. The fraction of sp³-hybridized carbons (Fsp3) is 0.276. The van der Waals surface area contributed by atoms with Gasteiger partial charge in [-0.1, -0.05) is 68.4 Å². The fourth-order valence-electron chi connectivity index (χ4n) is 4.23. The molecule has 1 aliphatic heterocycles. The van der Waals surface area contributed by atoms with E-state index in [0.717, 1.165) is 11.1 Å². The van der Waals surface area contributed by atoms with Crippen molar-refractivity contribution < 1.29 is 23.5 Å². The molecule has 37 heavy (non-hydrogen) atoms. The van der Waals surface area contributed by atoms with Crippen LogP contribution in [0.15, 0.2) is 78.9 Å². The first-order valence-corrected chi connectivity index (χ1v) is 12.2. The highest BCUT2D eigenvalue weighted by Crippen LogP contribution is 2.34. The van der Waals surface area contributed by atoms with Crippen LogP contribution in [-0.4, -0.2) is 28.8 Å². The summed E-state index contributed by atoms with van der Waals surface area (Å²) in [7, 11) is 0. The van der Waals surface area contributed by atoms with Crippen molar-refractivity contribution in [3.05, 3.63) is 101 Å². The van der Waals surface area contributed by atoms with E-state index in [4.69, 9.17) is 4.74 Å². The van der Waals surface area contributed by atoms with Crippen LogP contribution in [0.4, 0.5) is 14.9 Å². The summed E-state index contributed by atoms with van der Waals surface area (Å²) in [5, 5.41) is 5.71. The van der Waals surface area contributed by atoms with Crippen LogP contribution in [0, 0.1) is 11.7 Å². The summed E-state index contributed by atoms with van der Waals surface area (Å²) in [6, 6.07) is 21.2. The van der Waals surface area contributed by atoms with Crippen LogP contribution in [0.1, 0.15) is 43.1 Å². The molecule has 0 bridgehead atoms. The molecule has 3 aromatic rings. The van der Waals surface area contributed by atoms with E-state index in [-0.39, 0.29) is 36.6 Å². The third-order valence-corrected chi connectivity index (χ3v) is 6.05. The minimum atomic E-state index is -0.922. The van der Waals surface area contributed by atoms with Gasteiger partial charge in [-0.05, 0) is 46.9 Å². The average Bonchev–Trinajstić information content (AvgIpc) is 3.20. The topological polar surface area (TPSA) is 87.7 Å². The number of carbonyl (C=O) groups excluding carboxylic acids is 3. The standard InChI is InChI=1S/C29H30FN3O4/c1-19(2)16-25(34)32-24-14-10-22(11-15-24)27-26(28(35)31-17-20-8-12-23(30)13-9-20)33(29(36)37-27)18-21-6-4-3-5-7-21/h3-15,19,26-27H,16-18H2,1-2H3,(H,31,35)(H,32,34)/t26-,27-/m1/s1. The van der Waals surface area contributed by atoms with Gasteiger partial charge in [0.1, 0.15) is 5.82 Å². The van der Waals surface area contributed by atoms with Crippen molar-refractivity contribution in [3.8, 4) is 0 Å². The van der Waals surface area contributed by atoms with Gasteiger partial charge in [0.15, 0.2) is 12.1 Å². The number of benzene rings is 3. The van der Waals surface area contributed by atoms with E-state index in [2.05, 4.69) is 10.6 Å². The molecule has 0 saturated carbocycles. The third-order valence-electron chi connectivity index (χ3n) is 6.05. The molecule has 3 amide bonds. The van der Waals surface area contributed by atoms with E-state index in [1.807, 2.05) is 44.2 Å². The Hall–Kier alpha value is -4.20. The Labute approximate surface area is 215 Å². The molecule has 2 atom stereocenters. The fourth-order valence-corrected chi connectivity index (χ4v) is 4.23. The molecule has 0 aromatic heterocycles. The molecule has 4 rings (SSSR count). The average molecular weight is 504 g/mol. The monoisotopic (exact) mass is 503 g/mol. The van der Waals surface area contributed by atoms with Crippen molar-refractivity contribution in [1.82, 2.24) is 10.2 Å².